The molecule has 5 nitrogen and oxygen atoms in total. The second-order valence-electron chi connectivity index (χ2n) is 6.42. The lowest BCUT2D eigenvalue weighted by molar-refractivity contribution is -0.131. The summed E-state index contributed by atoms with van der Waals surface area (Å²) in [5, 5.41) is 4.94. The topological polar surface area (TPSA) is 52.7 Å². The fourth-order valence-electron chi connectivity index (χ4n) is 2.87. The zero-order valence-electron chi connectivity index (χ0n) is 14.7. The number of nitrogens with one attached hydrogen (secondary N) is 1. The highest BCUT2D eigenvalue weighted by molar-refractivity contribution is 9.10. The minimum atomic E-state index is -0.0693. The maximum atomic E-state index is 12.4. The van der Waals surface area contributed by atoms with Gasteiger partial charge in [-0.25, -0.2) is 4.79 Å². The Morgan fingerprint density at radius 2 is 1.77 bits per heavy atom. The first-order chi connectivity index (χ1) is 12.5. The normalized spacial score (nSPS) is 14.4. The van der Waals surface area contributed by atoms with Gasteiger partial charge in [0.1, 0.15) is 0 Å². The number of carbonyl (C=O) groups excluding carboxylic acids is 2. The van der Waals surface area contributed by atoms with Gasteiger partial charge in [0.05, 0.1) is 13.0 Å². The molecule has 0 aliphatic carbocycles. The van der Waals surface area contributed by atoms with Crippen molar-refractivity contribution < 1.29 is 9.59 Å². The molecule has 2 heterocycles. The lowest BCUT2D eigenvalue weighted by Crippen LogP contribution is -2.53. The first kappa shape index (κ1) is 18.9. The number of benzene rings is 1. The van der Waals surface area contributed by atoms with Crippen LogP contribution < -0.4 is 5.32 Å². The number of thiophene rings is 1. The highest BCUT2D eigenvalue weighted by Gasteiger charge is 2.24. The lowest BCUT2D eigenvalue weighted by atomic mass is 10.1. The Labute approximate surface area is 166 Å². The van der Waals surface area contributed by atoms with Gasteiger partial charge in [-0.1, -0.05) is 29.8 Å². The summed E-state index contributed by atoms with van der Waals surface area (Å²) in [4.78, 5) is 29.5. The number of halogens is 1. The predicted molar refractivity (Wildman–Crippen MR) is 107 cm³/mol. The summed E-state index contributed by atoms with van der Waals surface area (Å²) in [6, 6.07) is 9.99. The van der Waals surface area contributed by atoms with E-state index >= 15 is 0 Å². The number of hydrogen-bond acceptors (Lipinski definition) is 3. The molecule has 3 amide bonds. The van der Waals surface area contributed by atoms with Crippen LogP contribution in [0.2, 0.25) is 0 Å². The number of carbonyl (C=O) groups is 2. The van der Waals surface area contributed by atoms with Crippen molar-refractivity contribution in [1.29, 1.82) is 0 Å². The summed E-state index contributed by atoms with van der Waals surface area (Å²) in [5.74, 6) is 0.123. The summed E-state index contributed by atoms with van der Waals surface area (Å²) >= 11 is 5.02. The SMILES string of the molecule is Cc1ccc(CC(=O)N2CCN(C(=O)NCc3cc(Br)cs3)CC2)cc1. The Bertz CT molecular complexity index is 767. The second kappa shape index (κ2) is 8.68. The largest absolute Gasteiger partial charge is 0.339 e. The summed E-state index contributed by atoms with van der Waals surface area (Å²) < 4.78 is 1.03. The van der Waals surface area contributed by atoms with Crippen molar-refractivity contribution in [1.82, 2.24) is 15.1 Å². The number of rotatable bonds is 4. The van der Waals surface area contributed by atoms with Crippen LogP contribution >= 0.6 is 27.3 Å². The third kappa shape index (κ3) is 5.08. The van der Waals surface area contributed by atoms with Gasteiger partial charge in [-0.3, -0.25) is 4.79 Å². The van der Waals surface area contributed by atoms with Crippen molar-refractivity contribution in [3.63, 3.8) is 0 Å². The van der Waals surface area contributed by atoms with Crippen molar-refractivity contribution in [2.75, 3.05) is 26.2 Å². The standard InChI is InChI=1S/C19H22BrN3O2S/c1-14-2-4-15(5-3-14)10-18(24)22-6-8-23(9-7-22)19(25)21-12-17-11-16(20)13-26-17/h2-5,11,13H,6-10,12H2,1H3,(H,21,25). The van der Waals surface area contributed by atoms with E-state index in [1.165, 1.54) is 5.56 Å². The first-order valence-corrected chi connectivity index (χ1v) is 10.3. The summed E-state index contributed by atoms with van der Waals surface area (Å²) in [6.07, 6.45) is 0.416. The van der Waals surface area contributed by atoms with Crippen molar-refractivity contribution in [3.8, 4) is 0 Å². The molecule has 0 radical (unpaired) electrons. The van der Waals surface area contributed by atoms with Gasteiger partial charge in [-0.15, -0.1) is 11.3 Å². The molecule has 1 saturated heterocycles. The zero-order valence-corrected chi connectivity index (χ0v) is 17.1. The van der Waals surface area contributed by atoms with Gasteiger partial charge in [0.15, 0.2) is 0 Å². The summed E-state index contributed by atoms with van der Waals surface area (Å²) in [7, 11) is 0. The maximum Gasteiger partial charge on any atom is 0.317 e. The van der Waals surface area contributed by atoms with Gasteiger partial charge in [0, 0.05) is 40.9 Å². The predicted octanol–water partition coefficient (Wildman–Crippen LogP) is 3.42. The van der Waals surface area contributed by atoms with E-state index < -0.39 is 0 Å². The van der Waals surface area contributed by atoms with Crippen LogP contribution in [0.25, 0.3) is 0 Å². The number of hydrogen-bond donors (Lipinski definition) is 1. The number of amides is 3. The Hall–Kier alpha value is -1.86. The highest BCUT2D eigenvalue weighted by atomic mass is 79.9. The van der Waals surface area contributed by atoms with Crippen molar-refractivity contribution >= 4 is 39.2 Å². The van der Waals surface area contributed by atoms with Crippen molar-refractivity contribution in [2.24, 2.45) is 0 Å². The molecule has 1 aliphatic rings. The Morgan fingerprint density at radius 3 is 2.38 bits per heavy atom. The van der Waals surface area contributed by atoms with E-state index in [-0.39, 0.29) is 11.9 Å². The molecule has 1 aromatic carbocycles. The molecule has 138 valence electrons. The van der Waals surface area contributed by atoms with Gasteiger partial charge in [0.2, 0.25) is 5.91 Å². The Morgan fingerprint density at radius 1 is 1.12 bits per heavy atom. The van der Waals surface area contributed by atoms with Gasteiger partial charge in [-0.2, -0.15) is 0 Å². The van der Waals surface area contributed by atoms with Crippen LogP contribution in [-0.2, 0) is 17.8 Å². The van der Waals surface area contributed by atoms with Crippen molar-refractivity contribution in [3.05, 3.63) is 56.2 Å². The fraction of sp³-hybridized carbons (Fsp3) is 0.368. The monoisotopic (exact) mass is 435 g/mol. The van der Waals surface area contributed by atoms with Gasteiger partial charge >= 0.3 is 6.03 Å². The van der Waals surface area contributed by atoms with Crippen LogP contribution in [-0.4, -0.2) is 47.9 Å². The van der Waals surface area contributed by atoms with Gasteiger partial charge < -0.3 is 15.1 Å². The van der Waals surface area contributed by atoms with Gasteiger partial charge in [0.25, 0.3) is 0 Å². The van der Waals surface area contributed by atoms with Crippen LogP contribution in [0, 0.1) is 6.92 Å². The van der Waals surface area contributed by atoms with Crippen LogP contribution in [0.15, 0.2) is 40.2 Å². The smallest absolute Gasteiger partial charge is 0.317 e. The number of nitrogens with zero attached hydrogens (tertiary/aromatic N) is 2. The number of urea groups is 1. The molecule has 7 heteroatoms. The van der Waals surface area contributed by atoms with E-state index in [1.54, 1.807) is 16.2 Å². The summed E-state index contributed by atoms with van der Waals surface area (Å²) in [5.41, 5.74) is 2.22. The zero-order chi connectivity index (χ0) is 18.5. The molecule has 26 heavy (non-hydrogen) atoms. The molecule has 2 aromatic rings. The molecule has 0 bridgehead atoms. The van der Waals surface area contributed by atoms with E-state index in [2.05, 4.69) is 21.2 Å². The van der Waals surface area contributed by atoms with Crippen molar-refractivity contribution in [2.45, 2.75) is 19.9 Å². The molecule has 0 unspecified atom stereocenters. The Kier molecular flexibility index (Phi) is 6.32. The van der Waals surface area contributed by atoms with E-state index in [0.717, 1.165) is 14.9 Å². The molecule has 1 aromatic heterocycles. The Balaban J connectivity index is 1.43. The average molecular weight is 436 g/mol. The number of aryl methyl sites for hydroxylation is 1. The fourth-order valence-corrected chi connectivity index (χ4v) is 4.26. The van der Waals surface area contributed by atoms with E-state index in [0.29, 0.717) is 39.1 Å². The molecular weight excluding hydrogens is 414 g/mol. The quantitative estimate of drug-likeness (QED) is 0.799. The molecule has 0 saturated carbocycles. The molecular formula is C19H22BrN3O2S. The van der Waals surface area contributed by atoms with Crippen LogP contribution in [0.3, 0.4) is 0 Å². The average Bonchev–Trinajstić information content (AvgIpc) is 3.07. The molecule has 1 aliphatic heterocycles. The van der Waals surface area contributed by atoms with E-state index in [9.17, 15) is 9.59 Å². The second-order valence-corrected chi connectivity index (χ2v) is 8.33. The minimum absolute atomic E-state index is 0.0693. The van der Waals surface area contributed by atoms with Crippen LogP contribution in [0.5, 0.6) is 0 Å². The third-order valence-corrected chi connectivity index (χ3v) is 6.13. The van der Waals surface area contributed by atoms with Crippen LogP contribution in [0.4, 0.5) is 4.79 Å². The first-order valence-electron chi connectivity index (χ1n) is 8.60. The molecule has 0 spiro atoms. The minimum Gasteiger partial charge on any atom is -0.339 e. The molecule has 1 N–H and O–H groups in total. The molecule has 1 fully saturated rings. The third-order valence-electron chi connectivity index (χ3n) is 4.43. The molecule has 3 rings (SSSR count). The highest BCUT2D eigenvalue weighted by Crippen LogP contribution is 2.19. The number of piperazine rings is 1. The van der Waals surface area contributed by atoms with E-state index in [4.69, 9.17) is 0 Å². The van der Waals surface area contributed by atoms with Crippen LogP contribution in [0.1, 0.15) is 16.0 Å². The maximum absolute atomic E-state index is 12.4. The molecule has 0 atom stereocenters. The summed E-state index contributed by atoms with van der Waals surface area (Å²) in [6.45, 7) is 4.87. The van der Waals surface area contributed by atoms with Gasteiger partial charge in [-0.05, 0) is 34.5 Å². The van der Waals surface area contributed by atoms with E-state index in [1.807, 2.05) is 47.5 Å². The lowest BCUT2D eigenvalue weighted by Gasteiger charge is -2.34.